The minimum atomic E-state index is 0.479. The first-order chi connectivity index (χ1) is 9.15. The number of alkyl halides is 1. The second-order valence-corrected chi connectivity index (χ2v) is 6.03. The molecule has 0 saturated carbocycles. The van der Waals surface area contributed by atoms with Gasteiger partial charge in [0.05, 0.1) is 24.9 Å². The molecule has 3 nitrogen and oxygen atoms in total. The Balaban J connectivity index is 2.11. The highest BCUT2D eigenvalue weighted by molar-refractivity contribution is 9.10. The molecule has 0 N–H and O–H groups in total. The number of thioether (sulfide) groups is 1. The Labute approximate surface area is 130 Å². The fourth-order valence-corrected chi connectivity index (χ4v) is 3.40. The molecular weight excluding hydrogens is 348 g/mol. The van der Waals surface area contributed by atoms with Gasteiger partial charge in [0.2, 0.25) is 0 Å². The van der Waals surface area contributed by atoms with Crippen LogP contribution in [-0.4, -0.2) is 16.7 Å². The van der Waals surface area contributed by atoms with Crippen LogP contribution in [0.5, 0.6) is 5.75 Å². The third-order valence-corrected chi connectivity index (χ3v) is 4.93. The van der Waals surface area contributed by atoms with E-state index in [1.807, 2.05) is 36.0 Å². The molecule has 19 heavy (non-hydrogen) atoms. The van der Waals surface area contributed by atoms with Gasteiger partial charge in [-0.25, -0.2) is 4.98 Å². The predicted octanol–water partition coefficient (Wildman–Crippen LogP) is 4.22. The van der Waals surface area contributed by atoms with Crippen LogP contribution in [0.15, 0.2) is 34.0 Å². The second kappa shape index (κ2) is 6.68. The molecule has 0 radical (unpaired) electrons. The lowest BCUT2D eigenvalue weighted by Gasteiger charge is -2.07. The van der Waals surface area contributed by atoms with E-state index >= 15 is 0 Å². The zero-order valence-electron chi connectivity index (χ0n) is 10.7. The summed E-state index contributed by atoms with van der Waals surface area (Å²) in [6.07, 6.45) is 1.82. The van der Waals surface area contributed by atoms with Gasteiger partial charge in [-0.05, 0) is 23.8 Å². The molecular formula is C13H14BrClN2OS. The summed E-state index contributed by atoms with van der Waals surface area (Å²) < 4.78 is 8.33. The summed E-state index contributed by atoms with van der Waals surface area (Å²) in [6.45, 7) is 0. The van der Waals surface area contributed by atoms with Crippen LogP contribution < -0.4 is 4.74 Å². The van der Waals surface area contributed by atoms with Crippen molar-refractivity contribution in [2.45, 2.75) is 16.8 Å². The highest BCUT2D eigenvalue weighted by atomic mass is 79.9. The average molecular weight is 362 g/mol. The van der Waals surface area contributed by atoms with Gasteiger partial charge in [0.25, 0.3) is 0 Å². The van der Waals surface area contributed by atoms with Crippen molar-refractivity contribution in [3.05, 3.63) is 40.1 Å². The first kappa shape index (κ1) is 14.8. The van der Waals surface area contributed by atoms with E-state index in [4.69, 9.17) is 16.3 Å². The lowest BCUT2D eigenvalue weighted by molar-refractivity contribution is 0.414. The summed E-state index contributed by atoms with van der Waals surface area (Å²) in [5, 5.41) is 0.963. The third kappa shape index (κ3) is 3.46. The minimum Gasteiger partial charge on any atom is -0.497 e. The number of imidazole rings is 1. The molecule has 1 heterocycles. The second-order valence-electron chi connectivity index (χ2n) is 3.97. The lowest BCUT2D eigenvalue weighted by atomic mass is 10.2. The van der Waals surface area contributed by atoms with Crippen LogP contribution in [0.25, 0.3) is 0 Å². The maximum absolute atomic E-state index is 5.83. The van der Waals surface area contributed by atoms with Crippen LogP contribution in [0.4, 0.5) is 0 Å². The van der Waals surface area contributed by atoms with Crippen molar-refractivity contribution in [1.82, 2.24) is 9.55 Å². The van der Waals surface area contributed by atoms with Crippen LogP contribution in [0.3, 0.4) is 0 Å². The number of methoxy groups -OCH3 is 1. The summed E-state index contributed by atoms with van der Waals surface area (Å²) in [5.41, 5.74) is 2.20. The Morgan fingerprint density at radius 2 is 2.26 bits per heavy atom. The molecule has 1 aromatic heterocycles. The third-order valence-electron chi connectivity index (χ3n) is 2.79. The fraction of sp³-hybridized carbons (Fsp3) is 0.308. The molecule has 0 unspecified atom stereocenters. The van der Waals surface area contributed by atoms with Gasteiger partial charge in [0, 0.05) is 17.3 Å². The summed E-state index contributed by atoms with van der Waals surface area (Å²) in [6, 6.07) is 5.96. The SMILES string of the molecule is COc1ccc(Br)c(CSc2ncc(CCl)n2C)c1. The van der Waals surface area contributed by atoms with Crippen molar-refractivity contribution in [2.75, 3.05) is 7.11 Å². The van der Waals surface area contributed by atoms with Crippen LogP contribution >= 0.6 is 39.3 Å². The highest BCUT2D eigenvalue weighted by Gasteiger charge is 2.08. The van der Waals surface area contributed by atoms with Crippen molar-refractivity contribution in [3.63, 3.8) is 0 Å². The maximum atomic E-state index is 5.83. The quantitative estimate of drug-likeness (QED) is 0.589. The Morgan fingerprint density at radius 3 is 2.89 bits per heavy atom. The molecule has 2 rings (SSSR count). The normalized spacial score (nSPS) is 10.7. The van der Waals surface area contributed by atoms with Gasteiger partial charge < -0.3 is 9.30 Å². The summed E-state index contributed by atoms with van der Waals surface area (Å²) in [4.78, 5) is 4.37. The molecule has 0 aliphatic carbocycles. The van der Waals surface area contributed by atoms with Crippen molar-refractivity contribution in [2.24, 2.45) is 7.05 Å². The maximum Gasteiger partial charge on any atom is 0.168 e. The Morgan fingerprint density at radius 1 is 1.47 bits per heavy atom. The van der Waals surface area contributed by atoms with Crippen molar-refractivity contribution in [3.8, 4) is 5.75 Å². The number of rotatable bonds is 5. The van der Waals surface area contributed by atoms with E-state index in [-0.39, 0.29) is 0 Å². The molecule has 1 aromatic carbocycles. The van der Waals surface area contributed by atoms with Crippen LogP contribution in [0.1, 0.15) is 11.3 Å². The number of ether oxygens (including phenoxy) is 1. The molecule has 6 heteroatoms. The van der Waals surface area contributed by atoms with E-state index in [0.29, 0.717) is 5.88 Å². The largest absolute Gasteiger partial charge is 0.497 e. The zero-order valence-corrected chi connectivity index (χ0v) is 13.8. The highest BCUT2D eigenvalue weighted by Crippen LogP contribution is 2.29. The first-order valence-corrected chi connectivity index (χ1v) is 7.98. The van der Waals surface area contributed by atoms with E-state index in [1.165, 1.54) is 5.56 Å². The molecule has 0 bridgehead atoms. The fourth-order valence-electron chi connectivity index (χ4n) is 1.62. The van der Waals surface area contributed by atoms with E-state index < -0.39 is 0 Å². The minimum absolute atomic E-state index is 0.479. The lowest BCUT2D eigenvalue weighted by Crippen LogP contribution is -1.96. The molecule has 102 valence electrons. The molecule has 0 fully saturated rings. The van der Waals surface area contributed by atoms with Gasteiger partial charge in [-0.15, -0.1) is 11.6 Å². The molecule has 2 aromatic rings. The van der Waals surface area contributed by atoms with Gasteiger partial charge in [-0.1, -0.05) is 27.7 Å². The molecule has 0 amide bonds. The number of halogens is 2. The molecule has 0 spiro atoms. The average Bonchev–Trinajstić information content (AvgIpc) is 2.78. The van der Waals surface area contributed by atoms with E-state index in [0.717, 1.165) is 26.8 Å². The molecule has 0 saturated heterocycles. The summed E-state index contributed by atoms with van der Waals surface area (Å²) in [5.74, 6) is 2.16. The van der Waals surface area contributed by atoms with Gasteiger partial charge in [0.1, 0.15) is 5.75 Å². The van der Waals surface area contributed by atoms with Crippen molar-refractivity contribution < 1.29 is 4.74 Å². The zero-order chi connectivity index (χ0) is 13.8. The topological polar surface area (TPSA) is 27.1 Å². The number of hydrogen-bond donors (Lipinski definition) is 0. The smallest absolute Gasteiger partial charge is 0.168 e. The van der Waals surface area contributed by atoms with E-state index in [1.54, 1.807) is 18.9 Å². The van der Waals surface area contributed by atoms with Gasteiger partial charge in [-0.3, -0.25) is 0 Å². The number of aromatic nitrogens is 2. The van der Waals surface area contributed by atoms with Crippen LogP contribution in [-0.2, 0) is 18.7 Å². The Kier molecular flexibility index (Phi) is 5.19. The first-order valence-electron chi connectivity index (χ1n) is 5.67. The summed E-state index contributed by atoms with van der Waals surface area (Å²) >= 11 is 11.1. The van der Waals surface area contributed by atoms with E-state index in [9.17, 15) is 0 Å². The number of nitrogens with zero attached hydrogens (tertiary/aromatic N) is 2. The van der Waals surface area contributed by atoms with Gasteiger partial charge in [0.15, 0.2) is 5.16 Å². The van der Waals surface area contributed by atoms with Crippen molar-refractivity contribution in [1.29, 1.82) is 0 Å². The molecule has 0 aliphatic heterocycles. The Bertz CT molecular complexity index is 574. The van der Waals surface area contributed by atoms with E-state index in [2.05, 4.69) is 20.9 Å². The van der Waals surface area contributed by atoms with Crippen LogP contribution in [0, 0.1) is 0 Å². The standard InChI is InChI=1S/C13H14BrClN2OS/c1-17-10(6-15)7-16-13(17)19-8-9-5-11(18-2)3-4-12(9)14/h3-5,7H,6,8H2,1-2H3. The number of hydrogen-bond acceptors (Lipinski definition) is 3. The predicted molar refractivity (Wildman–Crippen MR) is 83.0 cm³/mol. The monoisotopic (exact) mass is 360 g/mol. The van der Waals surface area contributed by atoms with Gasteiger partial charge in [-0.2, -0.15) is 0 Å². The number of benzene rings is 1. The molecule has 0 aliphatic rings. The van der Waals surface area contributed by atoms with Gasteiger partial charge >= 0.3 is 0 Å². The van der Waals surface area contributed by atoms with Crippen molar-refractivity contribution >= 4 is 39.3 Å². The summed E-state index contributed by atoms with van der Waals surface area (Å²) in [7, 11) is 3.65. The Hall–Kier alpha value is -0.650. The molecule has 0 atom stereocenters. The van der Waals surface area contributed by atoms with Crippen LogP contribution in [0.2, 0.25) is 0 Å².